The minimum absolute atomic E-state index is 0.0509. The fourth-order valence-electron chi connectivity index (χ4n) is 2.15. The maximum atomic E-state index is 12.2. The second kappa shape index (κ2) is 5.46. The van der Waals surface area contributed by atoms with Crippen molar-refractivity contribution in [2.75, 3.05) is 18.1 Å². The Labute approximate surface area is 120 Å². The average Bonchev–Trinajstić information content (AvgIpc) is 2.94. The number of amides is 1. The van der Waals surface area contributed by atoms with Gasteiger partial charge in [0.15, 0.2) is 5.78 Å². The number of thiophene rings is 1. The lowest BCUT2D eigenvalue weighted by molar-refractivity contribution is -0.118. The van der Waals surface area contributed by atoms with Crippen LogP contribution in [0.5, 0.6) is 5.75 Å². The molecule has 3 rings (SSSR count). The van der Waals surface area contributed by atoms with E-state index in [1.54, 1.807) is 12.1 Å². The molecule has 0 atom stereocenters. The van der Waals surface area contributed by atoms with Gasteiger partial charge in [-0.3, -0.25) is 9.59 Å². The molecule has 0 unspecified atom stereocenters. The Hall–Kier alpha value is -2.14. The van der Waals surface area contributed by atoms with E-state index in [1.165, 1.54) is 16.2 Å². The molecule has 0 saturated carbocycles. The van der Waals surface area contributed by atoms with Crippen molar-refractivity contribution in [3.63, 3.8) is 0 Å². The maximum Gasteiger partial charge on any atom is 0.230 e. The molecule has 0 aliphatic carbocycles. The summed E-state index contributed by atoms with van der Waals surface area (Å²) in [5, 5.41) is 1.86. The van der Waals surface area contributed by atoms with Crippen LogP contribution in [0, 0.1) is 0 Å². The first-order valence-corrected chi connectivity index (χ1v) is 7.22. The van der Waals surface area contributed by atoms with Gasteiger partial charge in [-0.05, 0) is 23.6 Å². The van der Waals surface area contributed by atoms with Gasteiger partial charge < -0.3 is 9.64 Å². The minimum atomic E-state index is -0.0835. The largest absolute Gasteiger partial charge is 0.491 e. The van der Waals surface area contributed by atoms with Gasteiger partial charge in [0, 0.05) is 0 Å². The number of anilines is 1. The Morgan fingerprint density at radius 2 is 2.10 bits per heavy atom. The number of Topliss-reactive ketones (excluding diaryl/α,β-unsaturated/α-hetero) is 1. The highest BCUT2D eigenvalue weighted by atomic mass is 32.1. The van der Waals surface area contributed by atoms with E-state index in [0.29, 0.717) is 22.9 Å². The lowest BCUT2D eigenvalue weighted by atomic mass is 10.2. The molecule has 1 aromatic carbocycles. The summed E-state index contributed by atoms with van der Waals surface area (Å²) in [6.45, 7) is 0.402. The number of fused-ring (bicyclic) bond motifs is 1. The van der Waals surface area contributed by atoms with Crippen molar-refractivity contribution in [2.45, 2.75) is 6.42 Å². The van der Waals surface area contributed by atoms with Crippen LogP contribution >= 0.6 is 11.3 Å². The molecule has 2 heterocycles. The molecule has 1 aromatic heterocycles. The van der Waals surface area contributed by atoms with Crippen LogP contribution in [-0.4, -0.2) is 24.8 Å². The third kappa shape index (κ3) is 2.44. The molecule has 2 aromatic rings. The quantitative estimate of drug-likeness (QED) is 0.815. The van der Waals surface area contributed by atoms with Gasteiger partial charge in [-0.15, -0.1) is 11.3 Å². The number of rotatable bonds is 3. The molecular formula is C15H13NO3S. The predicted molar refractivity (Wildman–Crippen MR) is 77.6 cm³/mol. The van der Waals surface area contributed by atoms with Crippen LogP contribution in [0.3, 0.4) is 0 Å². The number of hydrogen-bond acceptors (Lipinski definition) is 4. The Balaban J connectivity index is 1.90. The zero-order valence-electron chi connectivity index (χ0n) is 10.7. The molecule has 1 amide bonds. The van der Waals surface area contributed by atoms with Gasteiger partial charge in [0.1, 0.15) is 5.75 Å². The van der Waals surface area contributed by atoms with Crippen LogP contribution in [0.1, 0.15) is 16.1 Å². The third-order valence-electron chi connectivity index (χ3n) is 3.13. The van der Waals surface area contributed by atoms with Crippen LogP contribution < -0.4 is 9.64 Å². The molecule has 5 heteroatoms. The predicted octanol–water partition coefficient (Wildman–Crippen LogP) is 2.75. The smallest absolute Gasteiger partial charge is 0.230 e. The van der Waals surface area contributed by atoms with Gasteiger partial charge in [0.2, 0.25) is 5.91 Å². The number of para-hydroxylation sites is 2. The number of ketones is 1. The van der Waals surface area contributed by atoms with Gasteiger partial charge >= 0.3 is 0 Å². The number of carbonyl (C=O) groups excluding carboxylic acids is 2. The molecule has 0 spiro atoms. The van der Waals surface area contributed by atoms with E-state index in [4.69, 9.17) is 4.74 Å². The summed E-state index contributed by atoms with van der Waals surface area (Å²) in [5.41, 5.74) is 0.667. The fraction of sp³-hybridized carbons (Fsp3) is 0.200. The van der Waals surface area contributed by atoms with Crippen LogP contribution in [-0.2, 0) is 4.79 Å². The van der Waals surface area contributed by atoms with E-state index >= 15 is 0 Å². The van der Waals surface area contributed by atoms with Crippen molar-refractivity contribution in [1.29, 1.82) is 0 Å². The average molecular weight is 287 g/mol. The van der Waals surface area contributed by atoms with Crippen LogP contribution in [0.2, 0.25) is 0 Å². The van der Waals surface area contributed by atoms with Crippen molar-refractivity contribution in [3.05, 3.63) is 46.7 Å². The molecule has 0 saturated heterocycles. The van der Waals surface area contributed by atoms with E-state index < -0.39 is 0 Å². The number of carbonyl (C=O) groups is 2. The molecule has 0 fully saturated rings. The van der Waals surface area contributed by atoms with E-state index in [0.717, 1.165) is 0 Å². The van der Waals surface area contributed by atoms with Crippen molar-refractivity contribution in [1.82, 2.24) is 0 Å². The number of hydrogen-bond donors (Lipinski definition) is 0. The summed E-state index contributed by atoms with van der Waals surface area (Å²) < 4.78 is 5.55. The topological polar surface area (TPSA) is 46.6 Å². The Bertz CT molecular complexity index is 636. The van der Waals surface area contributed by atoms with E-state index in [1.807, 2.05) is 29.6 Å². The zero-order valence-corrected chi connectivity index (χ0v) is 11.6. The Kier molecular flexibility index (Phi) is 3.52. The highest BCUT2D eigenvalue weighted by Crippen LogP contribution is 2.31. The van der Waals surface area contributed by atoms with Crippen molar-refractivity contribution >= 4 is 28.7 Å². The Morgan fingerprint density at radius 1 is 1.25 bits per heavy atom. The van der Waals surface area contributed by atoms with Crippen LogP contribution in [0.25, 0.3) is 0 Å². The van der Waals surface area contributed by atoms with Gasteiger partial charge in [-0.1, -0.05) is 18.2 Å². The molecule has 0 N–H and O–H groups in total. The molecule has 20 heavy (non-hydrogen) atoms. The minimum Gasteiger partial charge on any atom is -0.491 e. The highest BCUT2D eigenvalue weighted by molar-refractivity contribution is 7.12. The summed E-state index contributed by atoms with van der Waals surface area (Å²) in [5.74, 6) is 0.516. The van der Waals surface area contributed by atoms with Crippen molar-refractivity contribution in [3.8, 4) is 5.75 Å². The van der Waals surface area contributed by atoms with Crippen LogP contribution in [0.15, 0.2) is 41.8 Å². The standard InChI is InChI=1S/C15H13NO3S/c17-12(14-6-3-9-20-14)10-16-11-4-1-2-5-13(11)19-8-7-15(16)18/h1-6,9H,7-8,10H2. The Morgan fingerprint density at radius 3 is 2.90 bits per heavy atom. The molecular weight excluding hydrogens is 274 g/mol. The lowest BCUT2D eigenvalue weighted by Gasteiger charge is -2.20. The lowest BCUT2D eigenvalue weighted by Crippen LogP contribution is -2.35. The normalized spacial score (nSPS) is 14.4. The summed E-state index contributed by atoms with van der Waals surface area (Å²) in [7, 11) is 0. The first-order chi connectivity index (χ1) is 9.75. The fourth-order valence-corrected chi connectivity index (χ4v) is 2.81. The summed E-state index contributed by atoms with van der Waals surface area (Å²) in [6.07, 6.45) is 0.284. The molecule has 0 bridgehead atoms. The van der Waals surface area contributed by atoms with E-state index in [9.17, 15) is 9.59 Å². The second-order valence-electron chi connectivity index (χ2n) is 4.45. The summed E-state index contributed by atoms with van der Waals surface area (Å²) >= 11 is 1.39. The van der Waals surface area contributed by atoms with Gasteiger partial charge in [-0.2, -0.15) is 0 Å². The molecule has 102 valence electrons. The second-order valence-corrected chi connectivity index (χ2v) is 5.39. The number of ether oxygens (including phenoxy) is 1. The van der Waals surface area contributed by atoms with E-state index in [-0.39, 0.29) is 24.7 Å². The summed E-state index contributed by atoms with van der Waals surface area (Å²) in [6, 6.07) is 10.9. The maximum absolute atomic E-state index is 12.2. The zero-order chi connectivity index (χ0) is 13.9. The van der Waals surface area contributed by atoms with Gasteiger partial charge in [0.05, 0.1) is 30.1 Å². The molecule has 1 aliphatic heterocycles. The van der Waals surface area contributed by atoms with Gasteiger partial charge in [0.25, 0.3) is 0 Å². The SMILES string of the molecule is O=C(CN1C(=O)CCOc2ccccc21)c1cccs1. The van der Waals surface area contributed by atoms with Crippen molar-refractivity contribution in [2.24, 2.45) is 0 Å². The van der Waals surface area contributed by atoms with Gasteiger partial charge in [-0.25, -0.2) is 0 Å². The monoisotopic (exact) mass is 287 g/mol. The number of nitrogens with zero attached hydrogens (tertiary/aromatic N) is 1. The molecule has 4 nitrogen and oxygen atoms in total. The van der Waals surface area contributed by atoms with Crippen molar-refractivity contribution < 1.29 is 14.3 Å². The van der Waals surface area contributed by atoms with E-state index in [2.05, 4.69) is 0 Å². The van der Waals surface area contributed by atoms with Crippen LogP contribution in [0.4, 0.5) is 5.69 Å². The molecule has 0 radical (unpaired) electrons. The highest BCUT2D eigenvalue weighted by Gasteiger charge is 2.25. The number of benzene rings is 1. The molecule has 1 aliphatic rings. The first kappa shape index (κ1) is 12.9. The first-order valence-electron chi connectivity index (χ1n) is 6.34. The third-order valence-corrected chi connectivity index (χ3v) is 4.04. The summed E-state index contributed by atoms with van der Waals surface area (Å²) in [4.78, 5) is 26.6.